The van der Waals surface area contributed by atoms with Crippen molar-refractivity contribution in [1.29, 1.82) is 0 Å². The number of methoxy groups -OCH3 is 1. The third-order valence-corrected chi connectivity index (χ3v) is 2.45. The van der Waals surface area contributed by atoms with E-state index in [0.29, 0.717) is 0 Å². The second kappa shape index (κ2) is 5.34. The lowest BCUT2D eigenvalue weighted by Gasteiger charge is -2.08. The minimum atomic E-state index is -0.711. The minimum Gasteiger partial charge on any atom is -0.494 e. The van der Waals surface area contributed by atoms with E-state index in [-0.39, 0.29) is 23.1 Å². The quantitative estimate of drug-likeness (QED) is 0.648. The molecule has 0 radical (unpaired) electrons. The van der Waals surface area contributed by atoms with Gasteiger partial charge < -0.3 is 15.8 Å². The second-order valence-corrected chi connectivity index (χ2v) is 3.69. The number of nitrogen functional groups attached to an aromatic ring is 1. The Morgan fingerprint density at radius 1 is 1.45 bits per heavy atom. The van der Waals surface area contributed by atoms with Gasteiger partial charge in [0.1, 0.15) is 6.33 Å². The zero-order valence-corrected chi connectivity index (χ0v) is 10.3. The predicted octanol–water partition coefficient (Wildman–Crippen LogP) is 1.86. The van der Waals surface area contributed by atoms with Gasteiger partial charge in [-0.05, 0) is 12.1 Å². The van der Waals surface area contributed by atoms with E-state index in [0.717, 1.165) is 12.4 Å². The minimum absolute atomic E-state index is 0.0623. The Morgan fingerprint density at radius 2 is 2.20 bits per heavy atom. The van der Waals surface area contributed by atoms with Gasteiger partial charge in [0, 0.05) is 11.8 Å². The van der Waals surface area contributed by atoms with Crippen molar-refractivity contribution in [3.8, 4) is 5.75 Å². The zero-order chi connectivity index (χ0) is 14.7. The average molecular weight is 279 g/mol. The molecule has 2 rings (SSSR count). The lowest BCUT2D eigenvalue weighted by molar-refractivity contribution is -0.383. The second-order valence-electron chi connectivity index (χ2n) is 3.69. The van der Waals surface area contributed by atoms with E-state index in [1.165, 1.54) is 19.2 Å². The SMILES string of the molecule is COc1ccc(Nc2ncnc(N)c2[N+](=O)[O-])cc1F. The number of benzene rings is 1. The molecule has 2 aromatic rings. The molecule has 3 N–H and O–H groups in total. The molecule has 8 nitrogen and oxygen atoms in total. The van der Waals surface area contributed by atoms with Crippen molar-refractivity contribution in [1.82, 2.24) is 9.97 Å². The zero-order valence-electron chi connectivity index (χ0n) is 10.3. The Morgan fingerprint density at radius 3 is 2.80 bits per heavy atom. The maximum Gasteiger partial charge on any atom is 0.353 e. The average Bonchev–Trinajstić information content (AvgIpc) is 2.38. The van der Waals surface area contributed by atoms with Crippen LogP contribution in [0.5, 0.6) is 5.75 Å². The van der Waals surface area contributed by atoms with Crippen LogP contribution >= 0.6 is 0 Å². The predicted molar refractivity (Wildman–Crippen MR) is 69.3 cm³/mol. The number of hydrogen-bond donors (Lipinski definition) is 2. The molecular formula is C11H10FN5O3. The molecule has 1 aromatic heterocycles. The number of hydrogen-bond acceptors (Lipinski definition) is 7. The molecule has 9 heteroatoms. The van der Waals surface area contributed by atoms with Gasteiger partial charge in [0.2, 0.25) is 11.6 Å². The smallest absolute Gasteiger partial charge is 0.353 e. The van der Waals surface area contributed by atoms with E-state index in [1.807, 2.05) is 0 Å². The fourth-order valence-electron chi connectivity index (χ4n) is 1.54. The van der Waals surface area contributed by atoms with E-state index >= 15 is 0 Å². The summed E-state index contributed by atoms with van der Waals surface area (Å²) in [6.45, 7) is 0. The number of aromatic nitrogens is 2. The number of nitrogens with one attached hydrogen (secondary N) is 1. The van der Waals surface area contributed by atoms with Gasteiger partial charge in [-0.15, -0.1) is 0 Å². The number of anilines is 3. The highest BCUT2D eigenvalue weighted by Crippen LogP contribution is 2.30. The molecule has 104 valence electrons. The number of nitrogens with two attached hydrogens (primary N) is 1. The fourth-order valence-corrected chi connectivity index (χ4v) is 1.54. The van der Waals surface area contributed by atoms with Crippen LogP contribution in [0.3, 0.4) is 0 Å². The van der Waals surface area contributed by atoms with Crippen molar-refractivity contribution in [2.24, 2.45) is 0 Å². The van der Waals surface area contributed by atoms with Crippen LogP contribution in [-0.2, 0) is 0 Å². The van der Waals surface area contributed by atoms with Crippen LogP contribution in [0, 0.1) is 15.9 Å². The summed E-state index contributed by atoms with van der Waals surface area (Å²) in [6, 6.07) is 4.00. The molecule has 20 heavy (non-hydrogen) atoms. The summed E-state index contributed by atoms with van der Waals surface area (Å²) in [5.74, 6) is -0.942. The van der Waals surface area contributed by atoms with Gasteiger partial charge in [-0.1, -0.05) is 0 Å². The standard InChI is InChI=1S/C11H10FN5O3/c1-20-8-3-2-6(4-7(8)12)16-11-9(17(18)19)10(13)14-5-15-11/h2-5H,1H3,(H3,13,14,15,16). The summed E-state index contributed by atoms with van der Waals surface area (Å²) in [4.78, 5) is 17.5. The first-order chi connectivity index (χ1) is 9.52. The van der Waals surface area contributed by atoms with E-state index in [2.05, 4.69) is 15.3 Å². The Bertz CT molecular complexity index is 665. The molecule has 0 saturated carbocycles. The highest BCUT2D eigenvalue weighted by Gasteiger charge is 2.21. The first-order valence-corrected chi connectivity index (χ1v) is 5.38. The Labute approximate surface area is 112 Å². The Kier molecular flexibility index (Phi) is 3.60. The third-order valence-electron chi connectivity index (χ3n) is 2.45. The molecular weight excluding hydrogens is 269 g/mol. The summed E-state index contributed by atoms with van der Waals surface area (Å²) >= 11 is 0. The van der Waals surface area contributed by atoms with E-state index in [9.17, 15) is 14.5 Å². The molecule has 0 atom stereocenters. The van der Waals surface area contributed by atoms with Crippen molar-refractivity contribution in [3.63, 3.8) is 0 Å². The van der Waals surface area contributed by atoms with Crippen LogP contribution in [0.1, 0.15) is 0 Å². The van der Waals surface area contributed by atoms with Crippen molar-refractivity contribution < 1.29 is 14.1 Å². The van der Waals surface area contributed by atoms with Gasteiger partial charge >= 0.3 is 5.69 Å². The summed E-state index contributed by atoms with van der Waals surface area (Å²) < 4.78 is 18.3. The van der Waals surface area contributed by atoms with Gasteiger partial charge in [0.05, 0.1) is 12.0 Å². The van der Waals surface area contributed by atoms with Crippen molar-refractivity contribution in [2.75, 3.05) is 18.2 Å². The van der Waals surface area contributed by atoms with Gasteiger partial charge in [0.15, 0.2) is 11.6 Å². The molecule has 0 saturated heterocycles. The molecule has 0 amide bonds. The first-order valence-electron chi connectivity index (χ1n) is 5.38. The molecule has 0 spiro atoms. The molecule has 0 aliphatic carbocycles. The number of nitro groups is 1. The van der Waals surface area contributed by atoms with Crippen LogP contribution in [0.25, 0.3) is 0 Å². The molecule has 0 aliphatic heterocycles. The van der Waals surface area contributed by atoms with E-state index in [1.54, 1.807) is 0 Å². The van der Waals surface area contributed by atoms with E-state index in [4.69, 9.17) is 10.5 Å². The van der Waals surface area contributed by atoms with Crippen LogP contribution in [0.2, 0.25) is 0 Å². The van der Waals surface area contributed by atoms with E-state index < -0.39 is 16.4 Å². The van der Waals surface area contributed by atoms with Crippen molar-refractivity contribution in [3.05, 3.63) is 40.5 Å². The molecule has 0 aliphatic rings. The number of rotatable bonds is 4. The summed E-state index contributed by atoms with van der Waals surface area (Å²) in [7, 11) is 1.33. The highest BCUT2D eigenvalue weighted by atomic mass is 19.1. The number of halogens is 1. The van der Waals surface area contributed by atoms with Gasteiger partial charge in [-0.2, -0.15) is 0 Å². The number of nitrogens with zero attached hydrogens (tertiary/aromatic N) is 3. The third kappa shape index (κ3) is 2.55. The summed E-state index contributed by atoms with van der Waals surface area (Å²) in [5.41, 5.74) is 5.22. The van der Waals surface area contributed by atoms with Gasteiger partial charge in [-0.3, -0.25) is 10.1 Å². The van der Waals surface area contributed by atoms with Crippen LogP contribution < -0.4 is 15.8 Å². The summed E-state index contributed by atoms with van der Waals surface area (Å²) in [5, 5.41) is 13.5. The number of ether oxygens (including phenoxy) is 1. The van der Waals surface area contributed by atoms with Crippen LogP contribution in [-0.4, -0.2) is 22.0 Å². The topological polar surface area (TPSA) is 116 Å². The molecule has 1 heterocycles. The first kappa shape index (κ1) is 13.5. The molecule has 1 aromatic carbocycles. The van der Waals surface area contributed by atoms with Gasteiger partial charge in [0.25, 0.3) is 0 Å². The highest BCUT2D eigenvalue weighted by molar-refractivity contribution is 5.72. The van der Waals surface area contributed by atoms with Crippen LogP contribution in [0.15, 0.2) is 24.5 Å². The van der Waals surface area contributed by atoms with Gasteiger partial charge in [-0.25, -0.2) is 14.4 Å². The molecule has 0 fully saturated rings. The normalized spacial score (nSPS) is 10.1. The lowest BCUT2D eigenvalue weighted by Crippen LogP contribution is -2.05. The molecule has 0 bridgehead atoms. The van der Waals surface area contributed by atoms with Crippen molar-refractivity contribution >= 4 is 23.0 Å². The Hall–Kier alpha value is -2.97. The fraction of sp³-hybridized carbons (Fsp3) is 0.0909. The van der Waals surface area contributed by atoms with Crippen molar-refractivity contribution in [2.45, 2.75) is 0 Å². The largest absolute Gasteiger partial charge is 0.494 e. The monoisotopic (exact) mass is 279 g/mol. The Balaban J connectivity index is 2.38. The summed E-state index contributed by atoms with van der Waals surface area (Å²) in [6.07, 6.45) is 1.07. The van der Waals surface area contributed by atoms with Crippen LogP contribution in [0.4, 0.5) is 27.4 Å². The molecule has 0 unspecified atom stereocenters. The lowest BCUT2D eigenvalue weighted by atomic mass is 10.3. The maximum atomic E-state index is 13.5. The maximum absolute atomic E-state index is 13.5.